The Kier molecular flexibility index (Phi) is 4.81. The number of hydrogen-bond donors (Lipinski definition) is 0. The number of esters is 1. The van der Waals surface area contributed by atoms with E-state index in [4.69, 9.17) is 9.15 Å². The summed E-state index contributed by atoms with van der Waals surface area (Å²) in [6.45, 7) is 2.06. The molecule has 158 valence electrons. The van der Waals surface area contributed by atoms with Crippen LogP contribution in [0.5, 0.6) is 0 Å². The summed E-state index contributed by atoms with van der Waals surface area (Å²) in [6, 6.07) is 10.4. The number of carbonyl (C=O) groups excluding carboxylic acids is 3. The molecular formula is C24H22N2O5. The van der Waals surface area contributed by atoms with Crippen molar-refractivity contribution in [2.45, 2.75) is 19.8 Å². The first-order chi connectivity index (χ1) is 15.1. The van der Waals surface area contributed by atoms with Crippen LogP contribution in [-0.2, 0) is 14.3 Å². The van der Waals surface area contributed by atoms with E-state index in [-0.39, 0.29) is 35.5 Å². The van der Waals surface area contributed by atoms with E-state index in [9.17, 15) is 14.4 Å². The van der Waals surface area contributed by atoms with E-state index >= 15 is 0 Å². The second kappa shape index (κ2) is 7.65. The highest BCUT2D eigenvalue weighted by Crippen LogP contribution is 2.49. The molecule has 7 nitrogen and oxygen atoms in total. The van der Waals surface area contributed by atoms with Gasteiger partial charge in [0.25, 0.3) is 11.8 Å². The van der Waals surface area contributed by atoms with E-state index in [0.29, 0.717) is 29.3 Å². The minimum atomic E-state index is -0.395. The van der Waals surface area contributed by atoms with Gasteiger partial charge in [0.05, 0.1) is 30.2 Å². The molecule has 4 aliphatic rings. The Morgan fingerprint density at radius 1 is 1.13 bits per heavy atom. The number of hydrogen-bond acceptors (Lipinski definition) is 6. The lowest BCUT2D eigenvalue weighted by Gasteiger charge is -2.37. The van der Waals surface area contributed by atoms with Gasteiger partial charge in [0.1, 0.15) is 11.5 Å². The molecule has 6 rings (SSSR count). The number of benzene rings is 1. The van der Waals surface area contributed by atoms with Crippen molar-refractivity contribution in [3.63, 3.8) is 0 Å². The molecule has 2 bridgehead atoms. The first kappa shape index (κ1) is 19.5. The molecule has 31 heavy (non-hydrogen) atoms. The van der Waals surface area contributed by atoms with Crippen molar-refractivity contribution in [3.8, 4) is 11.3 Å². The first-order valence-corrected chi connectivity index (χ1v) is 10.5. The fourth-order valence-corrected chi connectivity index (χ4v) is 4.88. The Hall–Kier alpha value is -3.48. The predicted octanol–water partition coefficient (Wildman–Crippen LogP) is 3.65. The average Bonchev–Trinajstić information content (AvgIpc) is 3.38. The predicted molar refractivity (Wildman–Crippen MR) is 112 cm³/mol. The first-order valence-electron chi connectivity index (χ1n) is 10.5. The molecule has 1 aromatic carbocycles. The number of allylic oxidation sites excluding steroid dienone is 2. The summed E-state index contributed by atoms with van der Waals surface area (Å²) < 4.78 is 10.8. The molecule has 4 atom stereocenters. The van der Waals surface area contributed by atoms with E-state index < -0.39 is 5.97 Å². The summed E-state index contributed by atoms with van der Waals surface area (Å²) >= 11 is 0. The summed E-state index contributed by atoms with van der Waals surface area (Å²) in [5, 5.41) is 5.18. The van der Waals surface area contributed by atoms with Gasteiger partial charge in [-0.25, -0.2) is 4.79 Å². The zero-order valence-corrected chi connectivity index (χ0v) is 17.1. The Bertz CT molecular complexity index is 1080. The normalized spacial score (nSPS) is 26.7. The molecule has 1 saturated heterocycles. The Morgan fingerprint density at radius 2 is 1.84 bits per heavy atom. The second-order valence-electron chi connectivity index (χ2n) is 8.08. The smallest absolute Gasteiger partial charge is 0.338 e. The molecule has 7 heteroatoms. The molecule has 3 aliphatic carbocycles. The van der Waals surface area contributed by atoms with Crippen LogP contribution in [0, 0.1) is 23.7 Å². The highest BCUT2D eigenvalue weighted by molar-refractivity contribution is 6.06. The topological polar surface area (TPSA) is 89.2 Å². The van der Waals surface area contributed by atoms with Gasteiger partial charge in [-0.2, -0.15) is 10.1 Å². The fraction of sp³-hybridized carbons (Fsp3) is 0.333. The molecule has 2 fully saturated rings. The number of ether oxygens (including phenoxy) is 1. The fourth-order valence-electron chi connectivity index (χ4n) is 4.88. The third kappa shape index (κ3) is 3.30. The van der Waals surface area contributed by atoms with E-state index in [0.717, 1.165) is 17.9 Å². The number of rotatable bonds is 5. The third-order valence-corrected chi connectivity index (χ3v) is 6.32. The van der Waals surface area contributed by atoms with Gasteiger partial charge in [-0.15, -0.1) is 0 Å². The highest BCUT2D eigenvalue weighted by atomic mass is 16.5. The number of hydrazone groups is 1. The summed E-state index contributed by atoms with van der Waals surface area (Å²) in [5.74, 6) is -0.192. The lowest BCUT2D eigenvalue weighted by atomic mass is 9.63. The average molecular weight is 418 g/mol. The molecule has 0 spiro atoms. The van der Waals surface area contributed by atoms with Crippen LogP contribution in [0.3, 0.4) is 0 Å². The van der Waals surface area contributed by atoms with Crippen LogP contribution < -0.4 is 0 Å². The van der Waals surface area contributed by atoms with Crippen molar-refractivity contribution in [3.05, 3.63) is 59.9 Å². The van der Waals surface area contributed by atoms with Gasteiger partial charge in [-0.05, 0) is 55.9 Å². The summed E-state index contributed by atoms with van der Waals surface area (Å²) in [4.78, 5) is 37.6. The third-order valence-electron chi connectivity index (χ3n) is 6.32. The van der Waals surface area contributed by atoms with Crippen LogP contribution in [0.15, 0.2) is 58.1 Å². The van der Waals surface area contributed by atoms with Crippen molar-refractivity contribution in [2.75, 3.05) is 6.61 Å². The van der Waals surface area contributed by atoms with Gasteiger partial charge in [0.15, 0.2) is 0 Å². The molecule has 1 aromatic heterocycles. The molecule has 2 amide bonds. The molecule has 2 heterocycles. The van der Waals surface area contributed by atoms with Gasteiger partial charge < -0.3 is 9.15 Å². The standard InChI is InChI=1S/C24H22N2O5/c1-2-30-24(29)17-5-3-4-16(12-17)19-11-10-18(31-19)13-25-26-22(27)20-14-6-7-15(9-8-14)21(20)23(26)28/h3-7,10-15,20-21H,2,8-9H2,1H3/b25-13-/t14-,15-,20-,21+/m0/s1. The van der Waals surface area contributed by atoms with Crippen molar-refractivity contribution >= 4 is 24.0 Å². The van der Waals surface area contributed by atoms with Crippen LogP contribution in [0.2, 0.25) is 0 Å². The van der Waals surface area contributed by atoms with Crippen molar-refractivity contribution < 1.29 is 23.5 Å². The van der Waals surface area contributed by atoms with Gasteiger partial charge in [-0.1, -0.05) is 24.3 Å². The van der Waals surface area contributed by atoms with Crippen LogP contribution in [0.1, 0.15) is 35.9 Å². The molecule has 1 saturated carbocycles. The molecule has 0 unspecified atom stereocenters. The minimum Gasteiger partial charge on any atom is -0.462 e. The van der Waals surface area contributed by atoms with E-state index in [1.54, 1.807) is 37.3 Å². The second-order valence-corrected chi connectivity index (χ2v) is 8.08. The maximum Gasteiger partial charge on any atom is 0.338 e. The molecule has 1 aliphatic heterocycles. The van der Waals surface area contributed by atoms with Gasteiger partial charge in [0, 0.05) is 5.56 Å². The number of imide groups is 1. The largest absolute Gasteiger partial charge is 0.462 e. The lowest BCUT2D eigenvalue weighted by molar-refractivity contribution is -0.140. The lowest BCUT2D eigenvalue weighted by Crippen LogP contribution is -2.38. The van der Waals surface area contributed by atoms with Crippen molar-refractivity contribution in [2.24, 2.45) is 28.8 Å². The van der Waals surface area contributed by atoms with Gasteiger partial charge >= 0.3 is 5.97 Å². The number of fused-ring (bicyclic) bond motifs is 1. The SMILES string of the molecule is CCOC(=O)c1cccc(-c2ccc(/C=N\N3C(=O)[C@@H]4[C@H](C3=O)[C@H]3C=C[C@H]4CC3)o2)c1. The highest BCUT2D eigenvalue weighted by Gasteiger charge is 2.56. The zero-order chi connectivity index (χ0) is 21.5. The number of nitrogens with zero attached hydrogens (tertiary/aromatic N) is 2. The number of furan rings is 1. The van der Waals surface area contributed by atoms with E-state index in [2.05, 4.69) is 17.3 Å². The van der Waals surface area contributed by atoms with Gasteiger partial charge in [-0.3, -0.25) is 9.59 Å². The number of amides is 2. The molecule has 0 N–H and O–H groups in total. The van der Waals surface area contributed by atoms with Gasteiger partial charge in [0.2, 0.25) is 0 Å². The maximum absolute atomic E-state index is 12.8. The van der Waals surface area contributed by atoms with Crippen LogP contribution in [0.4, 0.5) is 0 Å². The van der Waals surface area contributed by atoms with Crippen molar-refractivity contribution in [1.29, 1.82) is 0 Å². The summed E-state index contributed by atoms with van der Waals surface area (Å²) in [5.41, 5.74) is 1.15. The quantitative estimate of drug-likeness (QED) is 0.320. The Labute approximate surface area is 179 Å². The Balaban J connectivity index is 1.34. The minimum absolute atomic E-state index is 0.133. The van der Waals surface area contributed by atoms with Crippen LogP contribution in [-0.4, -0.2) is 35.6 Å². The van der Waals surface area contributed by atoms with E-state index in [1.807, 2.05) is 6.07 Å². The molecule has 2 aromatic rings. The molecule has 0 radical (unpaired) electrons. The maximum atomic E-state index is 12.8. The summed E-state index contributed by atoms with van der Waals surface area (Å²) in [7, 11) is 0. The zero-order valence-electron chi connectivity index (χ0n) is 17.1. The van der Waals surface area contributed by atoms with Crippen LogP contribution in [0.25, 0.3) is 11.3 Å². The molecular weight excluding hydrogens is 396 g/mol. The van der Waals surface area contributed by atoms with Crippen LogP contribution >= 0.6 is 0 Å². The summed E-state index contributed by atoms with van der Waals surface area (Å²) in [6.07, 6.45) is 7.45. The number of carbonyl (C=O) groups is 3. The van der Waals surface area contributed by atoms with Crippen molar-refractivity contribution in [1.82, 2.24) is 5.01 Å². The monoisotopic (exact) mass is 418 g/mol. The Morgan fingerprint density at radius 3 is 2.48 bits per heavy atom. The van der Waals surface area contributed by atoms with E-state index in [1.165, 1.54) is 6.21 Å².